The van der Waals surface area contributed by atoms with Crippen LogP contribution in [-0.2, 0) is 0 Å². The summed E-state index contributed by atoms with van der Waals surface area (Å²) in [5.41, 5.74) is 7.08. The van der Waals surface area contributed by atoms with Crippen molar-refractivity contribution in [1.82, 2.24) is 9.66 Å². The topological polar surface area (TPSA) is 97.6 Å². The second-order valence-electron chi connectivity index (χ2n) is 3.77. The van der Waals surface area contributed by atoms with E-state index in [1.165, 1.54) is 25.2 Å². The zero-order valence-corrected chi connectivity index (χ0v) is 11.0. The van der Waals surface area contributed by atoms with E-state index in [0.29, 0.717) is 34.3 Å². The lowest BCUT2D eigenvalue weighted by atomic mass is 10.1. The number of aromatic nitrogens is 2. The molecule has 2 rings (SSSR count). The average molecular weight is 264 g/mol. The van der Waals surface area contributed by atoms with Crippen LogP contribution in [0.4, 0.5) is 5.82 Å². The Morgan fingerprint density at radius 2 is 1.74 bits per heavy atom. The molecule has 0 amide bonds. The van der Waals surface area contributed by atoms with Crippen LogP contribution in [0.3, 0.4) is 0 Å². The highest BCUT2D eigenvalue weighted by molar-refractivity contribution is 5.79. The maximum atomic E-state index is 5.87. The van der Waals surface area contributed by atoms with Crippen LogP contribution in [0.2, 0.25) is 0 Å². The van der Waals surface area contributed by atoms with E-state index >= 15 is 0 Å². The first kappa shape index (κ1) is 12.9. The largest absolute Gasteiger partial charge is 0.493 e. The molecule has 0 aliphatic carbocycles. The van der Waals surface area contributed by atoms with Crippen LogP contribution in [0.15, 0.2) is 18.5 Å². The van der Waals surface area contributed by atoms with Gasteiger partial charge in [-0.15, -0.1) is 0 Å². The second-order valence-corrected chi connectivity index (χ2v) is 3.77. The Bertz CT molecular complexity index is 595. The molecule has 19 heavy (non-hydrogen) atoms. The lowest BCUT2D eigenvalue weighted by Crippen LogP contribution is -2.10. The van der Waals surface area contributed by atoms with Crippen molar-refractivity contribution < 1.29 is 14.2 Å². The minimum absolute atomic E-state index is 0.338. The summed E-state index contributed by atoms with van der Waals surface area (Å²) in [6, 6.07) is 3.55. The lowest BCUT2D eigenvalue weighted by molar-refractivity contribution is 0.325. The fraction of sp³-hybridized carbons (Fsp3) is 0.250. The van der Waals surface area contributed by atoms with E-state index in [9.17, 15) is 0 Å². The van der Waals surface area contributed by atoms with Gasteiger partial charge in [0.15, 0.2) is 17.3 Å². The molecule has 1 heterocycles. The molecule has 0 bridgehead atoms. The average Bonchev–Trinajstić information content (AvgIpc) is 2.77. The van der Waals surface area contributed by atoms with Gasteiger partial charge in [0.2, 0.25) is 5.75 Å². The van der Waals surface area contributed by atoms with Crippen molar-refractivity contribution in [2.24, 2.45) is 0 Å². The molecule has 0 aliphatic heterocycles. The first-order chi connectivity index (χ1) is 9.13. The molecule has 0 unspecified atom stereocenters. The predicted octanol–water partition coefficient (Wildman–Crippen LogP) is 0.872. The van der Waals surface area contributed by atoms with E-state index in [2.05, 4.69) is 4.98 Å². The summed E-state index contributed by atoms with van der Waals surface area (Å²) in [4.78, 5) is 4.16. The Morgan fingerprint density at radius 1 is 1.05 bits per heavy atom. The molecule has 1 aromatic heterocycles. The highest BCUT2D eigenvalue weighted by atomic mass is 16.5. The van der Waals surface area contributed by atoms with Crippen LogP contribution in [0.25, 0.3) is 11.3 Å². The van der Waals surface area contributed by atoms with E-state index in [4.69, 9.17) is 25.8 Å². The number of rotatable bonds is 4. The molecular formula is C12H16N4O3. The Kier molecular flexibility index (Phi) is 3.37. The monoisotopic (exact) mass is 264 g/mol. The van der Waals surface area contributed by atoms with Gasteiger partial charge in [0.25, 0.3) is 0 Å². The van der Waals surface area contributed by atoms with Crippen LogP contribution in [-0.4, -0.2) is 31.0 Å². The lowest BCUT2D eigenvalue weighted by Gasteiger charge is -2.15. The maximum Gasteiger partial charge on any atom is 0.203 e. The fourth-order valence-corrected chi connectivity index (χ4v) is 1.87. The van der Waals surface area contributed by atoms with Gasteiger partial charge in [-0.2, -0.15) is 0 Å². The number of nitrogens with zero attached hydrogens (tertiary/aromatic N) is 2. The molecular weight excluding hydrogens is 248 g/mol. The Balaban J connectivity index is 2.67. The van der Waals surface area contributed by atoms with Gasteiger partial charge in [-0.1, -0.05) is 0 Å². The van der Waals surface area contributed by atoms with Gasteiger partial charge in [0.05, 0.1) is 26.9 Å². The molecule has 0 saturated heterocycles. The molecule has 7 nitrogen and oxygen atoms in total. The minimum atomic E-state index is 0.338. The highest BCUT2D eigenvalue weighted by Gasteiger charge is 2.20. The number of benzene rings is 1. The van der Waals surface area contributed by atoms with Crippen molar-refractivity contribution in [2.45, 2.75) is 0 Å². The molecule has 2 aromatic rings. The van der Waals surface area contributed by atoms with Crippen LogP contribution in [0.5, 0.6) is 17.2 Å². The van der Waals surface area contributed by atoms with Gasteiger partial charge in [-0.05, 0) is 12.1 Å². The zero-order chi connectivity index (χ0) is 14.0. The van der Waals surface area contributed by atoms with Gasteiger partial charge in [0, 0.05) is 0 Å². The van der Waals surface area contributed by atoms with Gasteiger partial charge < -0.3 is 25.8 Å². The van der Waals surface area contributed by atoms with Crippen LogP contribution in [0, 0.1) is 0 Å². The van der Waals surface area contributed by atoms with Crippen molar-refractivity contribution in [3.8, 4) is 28.5 Å². The van der Waals surface area contributed by atoms with Gasteiger partial charge >= 0.3 is 0 Å². The molecule has 4 N–H and O–H groups in total. The summed E-state index contributed by atoms with van der Waals surface area (Å²) in [6.45, 7) is 0. The normalized spacial score (nSPS) is 10.3. The predicted molar refractivity (Wildman–Crippen MR) is 71.9 cm³/mol. The number of nitrogens with two attached hydrogens (primary N) is 2. The van der Waals surface area contributed by atoms with E-state index < -0.39 is 0 Å². The van der Waals surface area contributed by atoms with E-state index in [1.807, 2.05) is 0 Å². The summed E-state index contributed by atoms with van der Waals surface area (Å²) < 4.78 is 17.1. The summed E-state index contributed by atoms with van der Waals surface area (Å²) in [5.74, 6) is 7.50. The third kappa shape index (κ3) is 1.99. The maximum absolute atomic E-state index is 5.87. The van der Waals surface area contributed by atoms with Crippen LogP contribution >= 0.6 is 0 Å². The highest BCUT2D eigenvalue weighted by Crippen LogP contribution is 2.44. The van der Waals surface area contributed by atoms with Crippen molar-refractivity contribution in [1.29, 1.82) is 0 Å². The molecule has 0 fully saturated rings. The third-order valence-electron chi connectivity index (χ3n) is 2.79. The summed E-state index contributed by atoms with van der Waals surface area (Å²) in [5, 5.41) is 0. The van der Waals surface area contributed by atoms with Crippen LogP contribution in [0.1, 0.15) is 0 Å². The molecule has 0 saturated carbocycles. The molecule has 0 spiro atoms. The van der Waals surface area contributed by atoms with Crippen molar-refractivity contribution in [3.63, 3.8) is 0 Å². The molecule has 1 aromatic carbocycles. The fourth-order valence-electron chi connectivity index (χ4n) is 1.87. The standard InChI is InChI=1S/C12H16N4O3/c1-17-8-5-4-7(10(18-2)11(8)19-3)9-12(13)16(14)6-15-9/h4-6H,13-14H2,1-3H3. The third-order valence-corrected chi connectivity index (χ3v) is 2.79. The quantitative estimate of drug-likeness (QED) is 0.795. The summed E-state index contributed by atoms with van der Waals surface area (Å²) >= 11 is 0. The number of hydrogen-bond acceptors (Lipinski definition) is 6. The number of anilines is 1. The Hall–Kier alpha value is -2.57. The van der Waals surface area contributed by atoms with Crippen molar-refractivity contribution in [2.75, 3.05) is 32.9 Å². The Morgan fingerprint density at radius 3 is 2.21 bits per heavy atom. The van der Waals surface area contributed by atoms with E-state index in [0.717, 1.165) is 0 Å². The van der Waals surface area contributed by atoms with Crippen molar-refractivity contribution >= 4 is 5.82 Å². The zero-order valence-electron chi connectivity index (χ0n) is 11.0. The van der Waals surface area contributed by atoms with E-state index in [1.54, 1.807) is 19.2 Å². The summed E-state index contributed by atoms with van der Waals surface area (Å²) in [6.07, 6.45) is 1.43. The first-order valence-electron chi connectivity index (χ1n) is 5.51. The molecule has 7 heteroatoms. The molecule has 102 valence electrons. The molecule has 0 aliphatic rings. The number of ether oxygens (including phenoxy) is 3. The molecule has 0 atom stereocenters. The number of methoxy groups -OCH3 is 3. The molecule has 0 radical (unpaired) electrons. The second kappa shape index (κ2) is 4.97. The van der Waals surface area contributed by atoms with Crippen LogP contribution < -0.4 is 25.8 Å². The van der Waals surface area contributed by atoms with Crippen molar-refractivity contribution in [3.05, 3.63) is 18.5 Å². The van der Waals surface area contributed by atoms with Gasteiger partial charge in [-0.25, -0.2) is 9.66 Å². The van der Waals surface area contributed by atoms with E-state index in [-0.39, 0.29) is 0 Å². The first-order valence-corrected chi connectivity index (χ1v) is 5.51. The van der Waals surface area contributed by atoms with Gasteiger partial charge in [-0.3, -0.25) is 0 Å². The summed E-state index contributed by atoms with van der Waals surface area (Å²) in [7, 11) is 4.63. The smallest absolute Gasteiger partial charge is 0.203 e. The van der Waals surface area contributed by atoms with Gasteiger partial charge in [0.1, 0.15) is 12.0 Å². The number of nitrogen functional groups attached to an aromatic ring is 2. The Labute approximate surface area is 110 Å². The SMILES string of the molecule is COc1ccc(-c2ncn(N)c2N)c(OC)c1OC. The number of hydrogen-bond donors (Lipinski definition) is 2. The minimum Gasteiger partial charge on any atom is -0.493 e. The number of imidazole rings is 1.